The Morgan fingerprint density at radius 1 is 0.935 bits per heavy atom. The van der Waals surface area contributed by atoms with Crippen LogP contribution in [0.3, 0.4) is 0 Å². The second-order valence-electron chi connectivity index (χ2n) is 6.31. The van der Waals surface area contributed by atoms with Gasteiger partial charge in [-0.05, 0) is 42.5 Å². The highest BCUT2D eigenvalue weighted by Crippen LogP contribution is 2.34. The van der Waals surface area contributed by atoms with Crippen LogP contribution in [-0.4, -0.2) is 32.6 Å². The third-order valence-corrected chi connectivity index (χ3v) is 7.46. The van der Waals surface area contributed by atoms with Crippen molar-refractivity contribution >= 4 is 61.1 Å². The maximum absolute atomic E-state index is 12.4. The molecule has 0 aliphatic rings. The highest BCUT2D eigenvalue weighted by atomic mass is 35.5. The molecule has 0 radical (unpaired) electrons. The molecule has 0 amide bonds. The van der Waals surface area contributed by atoms with Crippen molar-refractivity contribution in [3.8, 4) is 11.5 Å². The number of nitrogens with zero attached hydrogens (tertiary/aromatic N) is 2. The lowest BCUT2D eigenvalue weighted by Gasteiger charge is -2.12. The van der Waals surface area contributed by atoms with Gasteiger partial charge in [0.1, 0.15) is 16.4 Å². The summed E-state index contributed by atoms with van der Waals surface area (Å²) in [5.74, 6) is 1.71. The van der Waals surface area contributed by atoms with Crippen molar-refractivity contribution in [2.45, 2.75) is 4.21 Å². The highest BCUT2D eigenvalue weighted by Gasteiger charge is 2.17. The summed E-state index contributed by atoms with van der Waals surface area (Å²) in [6.07, 6.45) is 1.45. The first-order valence-corrected chi connectivity index (χ1v) is 11.6. The molecule has 0 bridgehead atoms. The molecule has 0 saturated heterocycles. The largest absolute Gasteiger partial charge is 0.493 e. The second-order valence-corrected chi connectivity index (χ2v) is 9.94. The molecular formula is C20H17ClN4O4S2. The number of methoxy groups -OCH3 is 2. The first-order valence-electron chi connectivity index (χ1n) is 8.91. The lowest BCUT2D eigenvalue weighted by atomic mass is 10.2. The van der Waals surface area contributed by atoms with Gasteiger partial charge in [-0.15, -0.1) is 11.3 Å². The number of aromatic nitrogens is 2. The number of rotatable bonds is 7. The normalized spacial score (nSPS) is 11.3. The fraction of sp³-hybridized carbons (Fsp3) is 0.100. The van der Waals surface area contributed by atoms with Crippen molar-refractivity contribution in [2.75, 3.05) is 24.3 Å². The van der Waals surface area contributed by atoms with Crippen LogP contribution in [0, 0.1) is 0 Å². The van der Waals surface area contributed by atoms with E-state index in [-0.39, 0.29) is 4.21 Å². The van der Waals surface area contributed by atoms with E-state index >= 15 is 0 Å². The van der Waals surface area contributed by atoms with Gasteiger partial charge < -0.3 is 14.8 Å². The predicted molar refractivity (Wildman–Crippen MR) is 123 cm³/mol. The van der Waals surface area contributed by atoms with Gasteiger partial charge >= 0.3 is 0 Å². The minimum atomic E-state index is -3.69. The molecule has 2 aromatic heterocycles. The first-order chi connectivity index (χ1) is 14.9. The number of sulfonamides is 1. The van der Waals surface area contributed by atoms with Gasteiger partial charge in [-0.3, -0.25) is 4.72 Å². The zero-order valence-corrected chi connectivity index (χ0v) is 18.8. The van der Waals surface area contributed by atoms with Crippen LogP contribution in [0.15, 0.2) is 59.1 Å². The van der Waals surface area contributed by atoms with Crippen molar-refractivity contribution in [1.82, 2.24) is 9.97 Å². The van der Waals surface area contributed by atoms with E-state index in [2.05, 4.69) is 20.0 Å². The Hall–Kier alpha value is -3.08. The molecule has 0 fully saturated rings. The third-order valence-electron chi connectivity index (χ3n) is 4.35. The van der Waals surface area contributed by atoms with Gasteiger partial charge in [0.25, 0.3) is 10.0 Å². The van der Waals surface area contributed by atoms with Crippen molar-refractivity contribution in [3.05, 3.63) is 59.2 Å². The lowest BCUT2D eigenvalue weighted by Crippen LogP contribution is -2.11. The molecule has 0 aliphatic heterocycles. The average Bonchev–Trinajstić information content (AvgIpc) is 3.21. The van der Waals surface area contributed by atoms with E-state index < -0.39 is 10.0 Å². The van der Waals surface area contributed by atoms with E-state index in [4.69, 9.17) is 21.1 Å². The molecule has 4 aromatic rings. The van der Waals surface area contributed by atoms with Gasteiger partial charge in [0.05, 0.1) is 24.1 Å². The van der Waals surface area contributed by atoms with E-state index in [0.717, 1.165) is 22.4 Å². The van der Waals surface area contributed by atoms with E-state index in [9.17, 15) is 8.42 Å². The van der Waals surface area contributed by atoms with E-state index in [1.807, 2.05) is 0 Å². The summed E-state index contributed by atoms with van der Waals surface area (Å²) in [4.78, 5) is 8.60. The number of benzene rings is 2. The molecule has 11 heteroatoms. The quantitative estimate of drug-likeness (QED) is 0.390. The van der Waals surface area contributed by atoms with Gasteiger partial charge in [0.15, 0.2) is 11.5 Å². The SMILES string of the molecule is COc1cc2ncnc(Nc3ccc(NS(=O)(=O)c4ccc(Cl)s4)cc3)c2cc1OC. The minimum Gasteiger partial charge on any atom is -0.493 e. The molecule has 0 atom stereocenters. The maximum Gasteiger partial charge on any atom is 0.271 e. The Morgan fingerprint density at radius 2 is 1.61 bits per heavy atom. The van der Waals surface area contributed by atoms with Gasteiger partial charge in [0.2, 0.25) is 0 Å². The fourth-order valence-electron chi connectivity index (χ4n) is 2.89. The Kier molecular flexibility index (Phi) is 5.86. The molecular weight excluding hydrogens is 460 g/mol. The smallest absolute Gasteiger partial charge is 0.271 e. The van der Waals surface area contributed by atoms with Crippen molar-refractivity contribution in [1.29, 1.82) is 0 Å². The lowest BCUT2D eigenvalue weighted by molar-refractivity contribution is 0.356. The molecule has 31 heavy (non-hydrogen) atoms. The number of halogens is 1. The summed E-state index contributed by atoms with van der Waals surface area (Å²) in [7, 11) is -0.568. The molecule has 2 N–H and O–H groups in total. The van der Waals surface area contributed by atoms with E-state index in [1.54, 1.807) is 56.7 Å². The molecule has 8 nitrogen and oxygen atoms in total. The van der Waals surface area contributed by atoms with Crippen LogP contribution < -0.4 is 19.5 Å². The van der Waals surface area contributed by atoms with Crippen LogP contribution in [0.25, 0.3) is 10.9 Å². The molecule has 4 rings (SSSR count). The maximum atomic E-state index is 12.4. The standard InChI is InChI=1S/C20H17ClN4O4S2/c1-28-16-9-14-15(10-17(16)29-2)22-11-23-20(14)24-12-3-5-13(6-4-12)25-31(26,27)19-8-7-18(21)30-19/h3-11,25H,1-2H3,(H,22,23,24). The number of fused-ring (bicyclic) bond motifs is 1. The number of nitrogens with one attached hydrogen (secondary N) is 2. The van der Waals surface area contributed by atoms with E-state index in [1.165, 1.54) is 12.4 Å². The fourth-order valence-corrected chi connectivity index (χ4v) is 5.43. The number of hydrogen-bond acceptors (Lipinski definition) is 8. The number of thiophene rings is 1. The summed E-state index contributed by atoms with van der Waals surface area (Å²) in [5.41, 5.74) is 1.83. The predicted octanol–water partition coefficient (Wildman–Crippen LogP) is 4.91. The Labute approximate surface area is 187 Å². The second kappa shape index (κ2) is 8.58. The monoisotopic (exact) mass is 476 g/mol. The molecule has 0 aliphatic carbocycles. The van der Waals surface area contributed by atoms with Crippen LogP contribution in [-0.2, 0) is 10.0 Å². The van der Waals surface area contributed by atoms with Crippen LogP contribution in [0.1, 0.15) is 0 Å². The Morgan fingerprint density at radius 3 is 2.26 bits per heavy atom. The molecule has 2 heterocycles. The summed E-state index contributed by atoms with van der Waals surface area (Å²) in [6.45, 7) is 0. The average molecular weight is 477 g/mol. The van der Waals surface area contributed by atoms with Crippen LogP contribution >= 0.6 is 22.9 Å². The number of hydrogen-bond donors (Lipinski definition) is 2. The number of anilines is 3. The van der Waals surface area contributed by atoms with Crippen LogP contribution in [0.4, 0.5) is 17.2 Å². The Balaban J connectivity index is 1.57. The molecule has 0 saturated carbocycles. The van der Waals surface area contributed by atoms with Crippen LogP contribution in [0.2, 0.25) is 4.34 Å². The highest BCUT2D eigenvalue weighted by molar-refractivity contribution is 7.94. The van der Waals surface area contributed by atoms with E-state index in [0.29, 0.717) is 32.9 Å². The molecule has 160 valence electrons. The minimum absolute atomic E-state index is 0.150. The summed E-state index contributed by atoms with van der Waals surface area (Å²) < 4.78 is 38.7. The first kappa shape index (κ1) is 21.2. The van der Waals surface area contributed by atoms with Crippen LogP contribution in [0.5, 0.6) is 11.5 Å². The van der Waals surface area contributed by atoms with Crippen molar-refractivity contribution in [2.24, 2.45) is 0 Å². The molecule has 0 spiro atoms. The van der Waals surface area contributed by atoms with Gasteiger partial charge in [-0.2, -0.15) is 0 Å². The Bertz CT molecular complexity index is 1340. The molecule has 2 aromatic carbocycles. The van der Waals surface area contributed by atoms with Gasteiger partial charge in [-0.25, -0.2) is 18.4 Å². The summed E-state index contributed by atoms with van der Waals surface area (Å²) in [5, 5.41) is 3.97. The summed E-state index contributed by atoms with van der Waals surface area (Å²) in [6, 6.07) is 13.4. The van der Waals surface area contributed by atoms with Gasteiger partial charge in [0, 0.05) is 22.8 Å². The van der Waals surface area contributed by atoms with Gasteiger partial charge in [-0.1, -0.05) is 11.6 Å². The van der Waals surface area contributed by atoms with Crippen molar-refractivity contribution in [3.63, 3.8) is 0 Å². The zero-order valence-electron chi connectivity index (χ0n) is 16.4. The van der Waals surface area contributed by atoms with Crippen molar-refractivity contribution < 1.29 is 17.9 Å². The molecule has 0 unspecified atom stereocenters. The zero-order chi connectivity index (χ0) is 22.0. The number of ether oxygens (including phenoxy) is 2. The topological polar surface area (TPSA) is 102 Å². The third kappa shape index (κ3) is 4.50. The summed E-state index contributed by atoms with van der Waals surface area (Å²) >= 11 is 6.83.